The van der Waals surface area contributed by atoms with E-state index in [1.54, 1.807) is 0 Å². The molecular formula is C10H15ClN4. The molecule has 1 saturated heterocycles. The quantitative estimate of drug-likeness (QED) is 0.674. The Bertz CT molecular complexity index is 327. The Hall–Kier alpha value is -0.870. The lowest BCUT2D eigenvalue weighted by atomic mass is 10.3. The largest absolute Gasteiger partial charge is 0.354 e. The number of anilines is 1. The summed E-state index contributed by atoms with van der Waals surface area (Å²) in [5, 5.41) is 0.337. The van der Waals surface area contributed by atoms with Crippen molar-refractivity contribution >= 4 is 17.4 Å². The van der Waals surface area contributed by atoms with Gasteiger partial charge < -0.3 is 9.80 Å². The first-order valence-corrected chi connectivity index (χ1v) is 5.47. The maximum Gasteiger partial charge on any atom is 0.224 e. The molecule has 0 N–H and O–H groups in total. The van der Waals surface area contributed by atoms with Gasteiger partial charge in [0.15, 0.2) is 0 Å². The molecular weight excluding hydrogens is 212 g/mol. The third kappa shape index (κ3) is 2.58. The van der Waals surface area contributed by atoms with Crippen molar-refractivity contribution in [2.24, 2.45) is 0 Å². The van der Waals surface area contributed by atoms with Gasteiger partial charge in [-0.25, -0.2) is 9.97 Å². The molecule has 0 aromatic carbocycles. The smallest absolute Gasteiger partial charge is 0.224 e. The topological polar surface area (TPSA) is 32.3 Å². The summed E-state index contributed by atoms with van der Waals surface area (Å²) < 4.78 is 0. The highest BCUT2D eigenvalue weighted by Crippen LogP contribution is 2.16. The van der Waals surface area contributed by atoms with Crippen molar-refractivity contribution in [3.05, 3.63) is 17.0 Å². The molecule has 5 heteroatoms. The number of rotatable bonds is 1. The van der Waals surface area contributed by atoms with Gasteiger partial charge in [-0.2, -0.15) is 0 Å². The first-order valence-electron chi connectivity index (χ1n) is 5.10. The van der Waals surface area contributed by atoms with Gasteiger partial charge >= 0.3 is 0 Å². The van der Waals surface area contributed by atoms with E-state index < -0.39 is 0 Å². The molecule has 4 nitrogen and oxygen atoms in total. The van der Waals surface area contributed by atoms with Gasteiger partial charge in [0.05, 0.1) is 0 Å². The van der Waals surface area contributed by atoms with Crippen LogP contribution in [0.2, 0.25) is 5.28 Å². The number of likely N-dealkylation sites (N-methyl/N-ethyl adjacent to an activating group) is 1. The number of aromatic nitrogens is 2. The Morgan fingerprint density at radius 2 is 1.87 bits per heavy atom. The van der Waals surface area contributed by atoms with Crippen molar-refractivity contribution in [1.82, 2.24) is 14.9 Å². The van der Waals surface area contributed by atoms with Crippen molar-refractivity contribution in [3.8, 4) is 0 Å². The predicted molar refractivity (Wildman–Crippen MR) is 61.5 cm³/mol. The van der Waals surface area contributed by atoms with Crippen molar-refractivity contribution in [2.45, 2.75) is 6.92 Å². The Morgan fingerprint density at radius 1 is 1.20 bits per heavy atom. The second-order valence-corrected chi connectivity index (χ2v) is 4.26. The van der Waals surface area contributed by atoms with E-state index in [-0.39, 0.29) is 0 Å². The van der Waals surface area contributed by atoms with E-state index in [1.807, 2.05) is 13.0 Å². The van der Waals surface area contributed by atoms with Crippen molar-refractivity contribution in [3.63, 3.8) is 0 Å². The van der Waals surface area contributed by atoms with Gasteiger partial charge in [0.25, 0.3) is 0 Å². The van der Waals surface area contributed by atoms with E-state index in [2.05, 4.69) is 26.8 Å². The zero-order valence-electron chi connectivity index (χ0n) is 9.07. The summed E-state index contributed by atoms with van der Waals surface area (Å²) in [6.45, 7) is 6.08. The third-order valence-corrected chi connectivity index (χ3v) is 2.81. The van der Waals surface area contributed by atoms with Crippen LogP contribution in [0, 0.1) is 6.92 Å². The van der Waals surface area contributed by atoms with E-state index in [0.717, 1.165) is 37.7 Å². The molecule has 1 aliphatic heterocycles. The third-order valence-electron chi connectivity index (χ3n) is 2.64. The lowest BCUT2D eigenvalue weighted by Crippen LogP contribution is -2.44. The van der Waals surface area contributed by atoms with Crippen LogP contribution in [-0.4, -0.2) is 48.1 Å². The highest BCUT2D eigenvalue weighted by Gasteiger charge is 2.15. The second-order valence-electron chi connectivity index (χ2n) is 3.93. The molecule has 0 amide bonds. The molecule has 2 rings (SSSR count). The Labute approximate surface area is 94.9 Å². The molecule has 1 aromatic rings. The number of nitrogens with zero attached hydrogens (tertiary/aromatic N) is 4. The highest BCUT2D eigenvalue weighted by atomic mass is 35.5. The van der Waals surface area contributed by atoms with E-state index >= 15 is 0 Å². The van der Waals surface area contributed by atoms with Gasteiger partial charge in [-0.15, -0.1) is 0 Å². The zero-order chi connectivity index (χ0) is 10.8. The molecule has 1 aliphatic rings. The van der Waals surface area contributed by atoms with Crippen LogP contribution in [0.3, 0.4) is 0 Å². The van der Waals surface area contributed by atoms with E-state index in [0.29, 0.717) is 5.28 Å². The van der Waals surface area contributed by atoms with E-state index in [9.17, 15) is 0 Å². The maximum absolute atomic E-state index is 5.84. The SMILES string of the molecule is Cc1cc(N2CCN(C)CC2)nc(Cl)n1. The minimum absolute atomic E-state index is 0.337. The summed E-state index contributed by atoms with van der Waals surface area (Å²) >= 11 is 5.84. The van der Waals surface area contributed by atoms with Crippen LogP contribution < -0.4 is 4.90 Å². The minimum Gasteiger partial charge on any atom is -0.354 e. The fourth-order valence-corrected chi connectivity index (χ4v) is 1.93. The summed E-state index contributed by atoms with van der Waals surface area (Å²) in [6, 6.07) is 1.98. The molecule has 1 aromatic heterocycles. The molecule has 2 heterocycles. The van der Waals surface area contributed by atoms with Crippen LogP contribution in [0.1, 0.15) is 5.69 Å². The number of hydrogen-bond donors (Lipinski definition) is 0. The standard InChI is InChI=1S/C10H15ClN4/c1-8-7-9(13-10(11)12-8)15-5-3-14(2)4-6-15/h7H,3-6H2,1-2H3. The van der Waals surface area contributed by atoms with Crippen LogP contribution in [0.5, 0.6) is 0 Å². The van der Waals surface area contributed by atoms with Crippen molar-refractivity contribution < 1.29 is 0 Å². The molecule has 0 spiro atoms. The monoisotopic (exact) mass is 226 g/mol. The normalized spacial score (nSPS) is 18.2. The molecule has 0 atom stereocenters. The number of hydrogen-bond acceptors (Lipinski definition) is 4. The first-order chi connectivity index (χ1) is 7.15. The van der Waals surface area contributed by atoms with E-state index in [4.69, 9.17) is 11.6 Å². The fraction of sp³-hybridized carbons (Fsp3) is 0.600. The molecule has 15 heavy (non-hydrogen) atoms. The summed E-state index contributed by atoms with van der Waals surface area (Å²) in [5.41, 5.74) is 0.920. The highest BCUT2D eigenvalue weighted by molar-refractivity contribution is 6.28. The number of aryl methyl sites for hydroxylation is 1. The lowest BCUT2D eigenvalue weighted by molar-refractivity contribution is 0.312. The van der Waals surface area contributed by atoms with Gasteiger partial charge in [-0.3, -0.25) is 0 Å². The van der Waals surface area contributed by atoms with Gasteiger partial charge in [0.1, 0.15) is 5.82 Å². The van der Waals surface area contributed by atoms with Gasteiger partial charge in [0.2, 0.25) is 5.28 Å². The van der Waals surface area contributed by atoms with Crippen LogP contribution in [0.15, 0.2) is 6.07 Å². The Morgan fingerprint density at radius 3 is 2.47 bits per heavy atom. The maximum atomic E-state index is 5.84. The van der Waals surface area contributed by atoms with Gasteiger partial charge in [-0.05, 0) is 25.6 Å². The minimum atomic E-state index is 0.337. The van der Waals surface area contributed by atoms with Crippen LogP contribution >= 0.6 is 11.6 Å². The van der Waals surface area contributed by atoms with Crippen LogP contribution in [-0.2, 0) is 0 Å². The molecule has 82 valence electrons. The summed E-state index contributed by atoms with van der Waals surface area (Å²) in [7, 11) is 2.13. The predicted octanol–water partition coefficient (Wildman–Crippen LogP) is 1.19. The van der Waals surface area contributed by atoms with Crippen molar-refractivity contribution in [1.29, 1.82) is 0 Å². The zero-order valence-corrected chi connectivity index (χ0v) is 9.83. The molecule has 0 unspecified atom stereocenters. The number of piperazine rings is 1. The Kier molecular flexibility index (Phi) is 3.07. The van der Waals surface area contributed by atoms with Gasteiger partial charge in [0, 0.05) is 37.9 Å². The fourth-order valence-electron chi connectivity index (χ4n) is 1.71. The summed E-state index contributed by atoms with van der Waals surface area (Å²) in [4.78, 5) is 12.9. The second kappa shape index (κ2) is 4.33. The first kappa shape index (κ1) is 10.6. The summed E-state index contributed by atoms with van der Waals surface area (Å²) in [6.07, 6.45) is 0. The Balaban J connectivity index is 2.15. The molecule has 0 radical (unpaired) electrons. The van der Waals surface area contributed by atoms with Crippen molar-refractivity contribution in [2.75, 3.05) is 38.1 Å². The molecule has 0 aliphatic carbocycles. The lowest BCUT2D eigenvalue weighted by Gasteiger charge is -2.33. The summed E-state index contributed by atoms with van der Waals surface area (Å²) in [5.74, 6) is 0.945. The molecule has 0 bridgehead atoms. The average molecular weight is 227 g/mol. The number of halogens is 1. The van der Waals surface area contributed by atoms with E-state index in [1.165, 1.54) is 0 Å². The van der Waals surface area contributed by atoms with Gasteiger partial charge in [-0.1, -0.05) is 0 Å². The van der Waals surface area contributed by atoms with Crippen LogP contribution in [0.4, 0.5) is 5.82 Å². The molecule has 0 saturated carbocycles. The average Bonchev–Trinajstić information content (AvgIpc) is 2.17. The molecule has 1 fully saturated rings. The van der Waals surface area contributed by atoms with Crippen LogP contribution in [0.25, 0.3) is 0 Å².